The average Bonchev–Trinajstić information content (AvgIpc) is 2.36. The summed E-state index contributed by atoms with van der Waals surface area (Å²) in [6.07, 6.45) is 5.81. The van der Waals surface area contributed by atoms with Gasteiger partial charge < -0.3 is 10.1 Å². The van der Waals surface area contributed by atoms with Crippen molar-refractivity contribution >= 4 is 11.8 Å². The molecule has 2 fully saturated rings. The maximum Gasteiger partial charge on any atom is 0.0713 e. The molecule has 0 bridgehead atoms. The van der Waals surface area contributed by atoms with E-state index in [9.17, 15) is 0 Å². The molecule has 2 rings (SSSR count). The predicted molar refractivity (Wildman–Crippen MR) is 74.3 cm³/mol. The Bertz CT molecular complexity index is 283. The van der Waals surface area contributed by atoms with Crippen LogP contribution in [0.3, 0.4) is 0 Å². The van der Waals surface area contributed by atoms with Crippen molar-refractivity contribution in [2.24, 2.45) is 0 Å². The van der Waals surface area contributed by atoms with Gasteiger partial charge in [-0.3, -0.25) is 0 Å². The Morgan fingerprint density at radius 1 is 1.41 bits per heavy atom. The fourth-order valence-electron chi connectivity index (χ4n) is 2.76. The number of hydrogen-bond acceptors (Lipinski definition) is 3. The van der Waals surface area contributed by atoms with Gasteiger partial charge in [0.1, 0.15) is 0 Å². The highest BCUT2D eigenvalue weighted by molar-refractivity contribution is 7.99. The van der Waals surface area contributed by atoms with Crippen molar-refractivity contribution < 1.29 is 4.74 Å². The SMILES string of the molecule is CC#CCCNC1CCOC2(CCSCC2)C1. The topological polar surface area (TPSA) is 21.3 Å². The second-order valence-corrected chi connectivity index (χ2v) is 6.19. The van der Waals surface area contributed by atoms with E-state index >= 15 is 0 Å². The van der Waals surface area contributed by atoms with Crippen molar-refractivity contribution in [2.75, 3.05) is 24.7 Å². The molecule has 0 aromatic heterocycles. The van der Waals surface area contributed by atoms with Crippen molar-refractivity contribution in [3.8, 4) is 11.8 Å². The highest BCUT2D eigenvalue weighted by Crippen LogP contribution is 2.37. The standard InChI is InChI=1S/C14H23NOS/c1-2-3-4-8-15-13-5-9-16-14(12-13)6-10-17-11-7-14/h13,15H,4-12H2,1H3. The quantitative estimate of drug-likeness (QED) is 0.616. The van der Waals surface area contributed by atoms with Crippen LogP contribution in [-0.2, 0) is 4.74 Å². The van der Waals surface area contributed by atoms with Crippen LogP contribution in [0, 0.1) is 11.8 Å². The van der Waals surface area contributed by atoms with Crippen molar-refractivity contribution in [1.82, 2.24) is 5.32 Å². The number of rotatable bonds is 3. The number of hydrogen-bond donors (Lipinski definition) is 1. The zero-order valence-corrected chi connectivity index (χ0v) is 11.6. The molecular weight excluding hydrogens is 230 g/mol. The van der Waals surface area contributed by atoms with Gasteiger partial charge in [0.2, 0.25) is 0 Å². The van der Waals surface area contributed by atoms with Gasteiger partial charge in [-0.15, -0.1) is 11.8 Å². The van der Waals surface area contributed by atoms with Gasteiger partial charge in [0.05, 0.1) is 5.60 Å². The molecule has 0 aliphatic carbocycles. The third-order valence-electron chi connectivity index (χ3n) is 3.76. The molecule has 96 valence electrons. The molecule has 0 aromatic carbocycles. The second kappa shape index (κ2) is 6.68. The van der Waals surface area contributed by atoms with Crippen LogP contribution >= 0.6 is 11.8 Å². The molecule has 0 saturated carbocycles. The summed E-state index contributed by atoms with van der Waals surface area (Å²) in [4.78, 5) is 0. The van der Waals surface area contributed by atoms with E-state index in [1.807, 2.05) is 6.92 Å². The van der Waals surface area contributed by atoms with E-state index in [-0.39, 0.29) is 5.60 Å². The molecule has 0 aromatic rings. The zero-order valence-electron chi connectivity index (χ0n) is 10.8. The summed E-state index contributed by atoms with van der Waals surface area (Å²) >= 11 is 2.07. The van der Waals surface area contributed by atoms with E-state index in [1.165, 1.54) is 30.8 Å². The van der Waals surface area contributed by atoms with Crippen LogP contribution in [0.4, 0.5) is 0 Å². The zero-order chi connectivity index (χ0) is 12.0. The molecule has 2 saturated heterocycles. The Morgan fingerprint density at radius 3 is 3.00 bits per heavy atom. The number of thioether (sulfide) groups is 1. The fourth-order valence-corrected chi connectivity index (χ4v) is 3.99. The van der Waals surface area contributed by atoms with Crippen LogP contribution in [0.25, 0.3) is 0 Å². The van der Waals surface area contributed by atoms with Gasteiger partial charge >= 0.3 is 0 Å². The first-order chi connectivity index (χ1) is 8.35. The predicted octanol–water partition coefficient (Wildman–Crippen LogP) is 2.43. The van der Waals surface area contributed by atoms with Crippen LogP contribution < -0.4 is 5.32 Å². The van der Waals surface area contributed by atoms with Crippen LogP contribution in [0.5, 0.6) is 0 Å². The van der Waals surface area contributed by atoms with Gasteiger partial charge in [0.15, 0.2) is 0 Å². The fraction of sp³-hybridized carbons (Fsp3) is 0.857. The summed E-state index contributed by atoms with van der Waals surface area (Å²) in [5, 5.41) is 3.64. The molecule has 2 nitrogen and oxygen atoms in total. The van der Waals surface area contributed by atoms with Gasteiger partial charge in [-0.25, -0.2) is 0 Å². The first kappa shape index (κ1) is 13.3. The van der Waals surface area contributed by atoms with Gasteiger partial charge in [0.25, 0.3) is 0 Å². The summed E-state index contributed by atoms with van der Waals surface area (Å²) in [6.45, 7) is 3.86. The normalized spacial score (nSPS) is 27.5. The van der Waals surface area contributed by atoms with Gasteiger partial charge in [-0.2, -0.15) is 11.8 Å². The monoisotopic (exact) mass is 253 g/mol. The molecule has 1 N–H and O–H groups in total. The lowest BCUT2D eigenvalue weighted by molar-refractivity contribution is -0.0930. The van der Waals surface area contributed by atoms with E-state index in [0.29, 0.717) is 6.04 Å². The van der Waals surface area contributed by atoms with Crippen molar-refractivity contribution in [2.45, 2.75) is 50.7 Å². The maximum absolute atomic E-state index is 6.08. The molecule has 1 spiro atoms. The Morgan fingerprint density at radius 2 is 2.24 bits per heavy atom. The van der Waals surface area contributed by atoms with Gasteiger partial charge in [-0.05, 0) is 44.1 Å². The lowest BCUT2D eigenvalue weighted by atomic mass is 9.85. The molecule has 2 aliphatic rings. The molecule has 2 heterocycles. The number of nitrogens with one attached hydrogen (secondary N) is 1. The van der Waals surface area contributed by atoms with Gasteiger partial charge in [-0.1, -0.05) is 0 Å². The van der Waals surface area contributed by atoms with Crippen molar-refractivity contribution in [1.29, 1.82) is 0 Å². The molecule has 1 atom stereocenters. The Labute approximate surface area is 109 Å². The Hall–Kier alpha value is -0.170. The molecule has 1 unspecified atom stereocenters. The maximum atomic E-state index is 6.08. The highest BCUT2D eigenvalue weighted by Gasteiger charge is 2.38. The first-order valence-electron chi connectivity index (χ1n) is 6.69. The van der Waals surface area contributed by atoms with E-state index < -0.39 is 0 Å². The summed E-state index contributed by atoms with van der Waals surface area (Å²) < 4.78 is 6.08. The first-order valence-corrected chi connectivity index (χ1v) is 7.85. The second-order valence-electron chi connectivity index (χ2n) is 4.96. The molecule has 2 aliphatic heterocycles. The average molecular weight is 253 g/mol. The number of ether oxygens (including phenoxy) is 1. The lowest BCUT2D eigenvalue weighted by Gasteiger charge is -2.43. The molecule has 17 heavy (non-hydrogen) atoms. The van der Waals surface area contributed by atoms with E-state index in [1.54, 1.807) is 0 Å². The summed E-state index contributed by atoms with van der Waals surface area (Å²) in [7, 11) is 0. The van der Waals surface area contributed by atoms with Crippen LogP contribution in [0.2, 0.25) is 0 Å². The van der Waals surface area contributed by atoms with E-state index in [4.69, 9.17) is 4.74 Å². The minimum atomic E-state index is 0.206. The molecule has 0 amide bonds. The minimum Gasteiger partial charge on any atom is -0.375 e. The van der Waals surface area contributed by atoms with Crippen molar-refractivity contribution in [3.63, 3.8) is 0 Å². The summed E-state index contributed by atoms with van der Waals surface area (Å²) in [6, 6.07) is 0.644. The van der Waals surface area contributed by atoms with Crippen LogP contribution in [0.15, 0.2) is 0 Å². The lowest BCUT2D eigenvalue weighted by Crippen LogP contribution is -2.49. The third-order valence-corrected chi connectivity index (χ3v) is 4.74. The molecule has 3 heteroatoms. The van der Waals surface area contributed by atoms with E-state index in [0.717, 1.165) is 26.0 Å². The third kappa shape index (κ3) is 3.91. The van der Waals surface area contributed by atoms with Crippen LogP contribution in [0.1, 0.15) is 39.0 Å². The minimum absolute atomic E-state index is 0.206. The highest BCUT2D eigenvalue weighted by atomic mass is 32.2. The smallest absolute Gasteiger partial charge is 0.0713 e. The molecular formula is C14H23NOS. The molecule has 0 radical (unpaired) electrons. The Balaban J connectivity index is 1.77. The van der Waals surface area contributed by atoms with Gasteiger partial charge in [0, 0.05) is 25.6 Å². The largest absolute Gasteiger partial charge is 0.375 e. The van der Waals surface area contributed by atoms with E-state index in [2.05, 4.69) is 28.9 Å². The Kier molecular flexibility index (Phi) is 5.21. The summed E-state index contributed by atoms with van der Waals surface area (Å²) in [5.74, 6) is 8.60. The van der Waals surface area contributed by atoms with Crippen LogP contribution in [-0.4, -0.2) is 36.3 Å². The summed E-state index contributed by atoms with van der Waals surface area (Å²) in [5.41, 5.74) is 0.206. The van der Waals surface area contributed by atoms with Crippen molar-refractivity contribution in [3.05, 3.63) is 0 Å².